The first kappa shape index (κ1) is 20.0. The maximum atomic E-state index is 12.8. The van der Waals surface area contributed by atoms with Crippen molar-refractivity contribution in [3.63, 3.8) is 0 Å². The van der Waals surface area contributed by atoms with Crippen molar-refractivity contribution < 1.29 is 22.6 Å². The molecule has 0 bridgehead atoms. The van der Waals surface area contributed by atoms with Gasteiger partial charge in [-0.2, -0.15) is 0 Å². The molecule has 7 nitrogen and oxygen atoms in total. The molecule has 1 aromatic rings. The number of nitrogens with one attached hydrogen (secondary N) is 1. The number of nitrogens with zero attached hydrogens (tertiary/aromatic N) is 1. The summed E-state index contributed by atoms with van der Waals surface area (Å²) in [7, 11) is -0.767. The van der Waals surface area contributed by atoms with Gasteiger partial charge in [0, 0.05) is 31.7 Å². The standard InChI is InChI=1S/C17H28N2O5S/c1-13(2)15(19-7-9-24-10-8-19)12-18-25(20,21)17-11-14(22-3)5-6-16(17)23-4/h5-6,11,13,15,18H,7-10,12H2,1-4H3. The van der Waals surface area contributed by atoms with Crippen LogP contribution in [0.25, 0.3) is 0 Å². The van der Waals surface area contributed by atoms with Crippen molar-refractivity contribution in [2.75, 3.05) is 47.1 Å². The number of benzene rings is 1. The lowest BCUT2D eigenvalue weighted by Gasteiger charge is -2.36. The Balaban J connectivity index is 2.16. The number of methoxy groups -OCH3 is 2. The van der Waals surface area contributed by atoms with Gasteiger partial charge in [-0.15, -0.1) is 0 Å². The minimum atomic E-state index is -3.72. The quantitative estimate of drug-likeness (QED) is 0.742. The van der Waals surface area contributed by atoms with Crippen molar-refractivity contribution in [2.45, 2.75) is 24.8 Å². The van der Waals surface area contributed by atoms with Gasteiger partial charge in [-0.05, 0) is 18.1 Å². The molecule has 8 heteroatoms. The lowest BCUT2D eigenvalue weighted by Crippen LogP contribution is -2.51. The molecule has 2 rings (SSSR count). The van der Waals surface area contributed by atoms with Gasteiger partial charge in [-0.3, -0.25) is 4.90 Å². The van der Waals surface area contributed by atoms with E-state index in [1.165, 1.54) is 20.3 Å². The van der Waals surface area contributed by atoms with Crippen LogP contribution in [-0.4, -0.2) is 66.4 Å². The first-order chi connectivity index (χ1) is 11.9. The van der Waals surface area contributed by atoms with Crippen molar-refractivity contribution in [1.29, 1.82) is 0 Å². The number of hydrogen-bond acceptors (Lipinski definition) is 6. The average Bonchev–Trinajstić information content (AvgIpc) is 2.61. The number of rotatable bonds is 8. The fourth-order valence-corrected chi connectivity index (χ4v) is 4.20. The van der Waals surface area contributed by atoms with Crippen LogP contribution in [0.2, 0.25) is 0 Å². The second-order valence-electron chi connectivity index (χ2n) is 6.33. The Morgan fingerprint density at radius 3 is 2.44 bits per heavy atom. The molecule has 1 unspecified atom stereocenters. The lowest BCUT2D eigenvalue weighted by molar-refractivity contribution is 0.00776. The molecule has 1 N–H and O–H groups in total. The number of morpholine rings is 1. The third-order valence-corrected chi connectivity index (χ3v) is 5.87. The Kier molecular flexibility index (Phi) is 7.06. The predicted molar refractivity (Wildman–Crippen MR) is 95.8 cm³/mol. The Hall–Kier alpha value is -1.35. The SMILES string of the molecule is COc1ccc(OC)c(S(=O)(=O)NCC(C(C)C)N2CCOCC2)c1. The summed E-state index contributed by atoms with van der Waals surface area (Å²) in [6.07, 6.45) is 0. The molecule has 0 radical (unpaired) electrons. The Morgan fingerprint density at radius 1 is 1.20 bits per heavy atom. The third kappa shape index (κ3) is 5.07. The molecule has 1 atom stereocenters. The van der Waals surface area contributed by atoms with Gasteiger partial charge in [-0.1, -0.05) is 13.8 Å². The van der Waals surface area contributed by atoms with Crippen molar-refractivity contribution in [2.24, 2.45) is 5.92 Å². The predicted octanol–water partition coefficient (Wildman–Crippen LogP) is 1.34. The largest absolute Gasteiger partial charge is 0.497 e. The van der Waals surface area contributed by atoms with Gasteiger partial charge < -0.3 is 14.2 Å². The van der Waals surface area contributed by atoms with E-state index in [1.807, 2.05) is 0 Å². The summed E-state index contributed by atoms with van der Waals surface area (Å²) in [4.78, 5) is 2.36. The molecule has 1 aliphatic heterocycles. The van der Waals surface area contributed by atoms with E-state index >= 15 is 0 Å². The van der Waals surface area contributed by atoms with Gasteiger partial charge in [0.25, 0.3) is 0 Å². The second-order valence-corrected chi connectivity index (χ2v) is 8.06. The monoisotopic (exact) mass is 372 g/mol. The summed E-state index contributed by atoms with van der Waals surface area (Å²) in [6, 6.07) is 4.84. The molecule has 1 fully saturated rings. The van der Waals surface area contributed by atoms with Crippen molar-refractivity contribution in [1.82, 2.24) is 9.62 Å². The molecule has 0 saturated carbocycles. The van der Waals surface area contributed by atoms with Gasteiger partial charge in [0.15, 0.2) is 0 Å². The minimum absolute atomic E-state index is 0.0823. The summed E-state index contributed by atoms with van der Waals surface area (Å²) < 4.78 is 44.1. The smallest absolute Gasteiger partial charge is 0.244 e. The van der Waals surface area contributed by atoms with E-state index < -0.39 is 10.0 Å². The Labute approximate surface area is 150 Å². The summed E-state index contributed by atoms with van der Waals surface area (Å²) in [5, 5.41) is 0. The topological polar surface area (TPSA) is 77.1 Å². The summed E-state index contributed by atoms with van der Waals surface area (Å²) in [5.41, 5.74) is 0. The van der Waals surface area contributed by atoms with Crippen LogP contribution in [0.15, 0.2) is 23.1 Å². The van der Waals surface area contributed by atoms with E-state index in [4.69, 9.17) is 14.2 Å². The van der Waals surface area contributed by atoms with Crippen LogP contribution in [0, 0.1) is 5.92 Å². The zero-order chi connectivity index (χ0) is 18.4. The van der Waals surface area contributed by atoms with Crippen LogP contribution in [0.3, 0.4) is 0 Å². The number of hydrogen-bond donors (Lipinski definition) is 1. The van der Waals surface area contributed by atoms with E-state index in [0.29, 0.717) is 37.2 Å². The summed E-state index contributed by atoms with van der Waals surface area (Å²) in [6.45, 7) is 7.51. The van der Waals surface area contributed by atoms with Crippen LogP contribution in [0.5, 0.6) is 11.5 Å². The molecule has 1 saturated heterocycles. The molecule has 25 heavy (non-hydrogen) atoms. The van der Waals surface area contributed by atoms with E-state index in [9.17, 15) is 8.42 Å². The minimum Gasteiger partial charge on any atom is -0.497 e. The Bertz CT molecular complexity index is 657. The molecule has 0 spiro atoms. The molecular weight excluding hydrogens is 344 g/mol. The molecule has 142 valence electrons. The van der Waals surface area contributed by atoms with Gasteiger partial charge in [0.2, 0.25) is 10.0 Å². The highest BCUT2D eigenvalue weighted by molar-refractivity contribution is 7.89. The summed E-state index contributed by atoms with van der Waals surface area (Å²) in [5.74, 6) is 1.07. The van der Waals surface area contributed by atoms with Crippen LogP contribution >= 0.6 is 0 Å². The molecule has 1 heterocycles. The zero-order valence-corrected chi connectivity index (χ0v) is 16.1. The molecule has 0 aliphatic carbocycles. The molecular formula is C17H28N2O5S. The maximum Gasteiger partial charge on any atom is 0.244 e. The third-order valence-electron chi connectivity index (χ3n) is 4.43. The molecule has 0 amide bonds. The van der Waals surface area contributed by atoms with Gasteiger partial charge in [-0.25, -0.2) is 13.1 Å². The fourth-order valence-electron chi connectivity index (χ4n) is 2.96. The maximum absolute atomic E-state index is 12.8. The first-order valence-corrected chi connectivity index (χ1v) is 9.91. The van der Waals surface area contributed by atoms with Crippen LogP contribution in [0.1, 0.15) is 13.8 Å². The molecule has 0 aromatic heterocycles. The van der Waals surface area contributed by atoms with E-state index in [1.54, 1.807) is 12.1 Å². The first-order valence-electron chi connectivity index (χ1n) is 8.42. The van der Waals surface area contributed by atoms with E-state index in [0.717, 1.165) is 13.1 Å². The van der Waals surface area contributed by atoms with E-state index in [2.05, 4.69) is 23.5 Å². The van der Waals surface area contributed by atoms with E-state index in [-0.39, 0.29) is 10.9 Å². The van der Waals surface area contributed by atoms with Gasteiger partial charge in [0.05, 0.1) is 27.4 Å². The van der Waals surface area contributed by atoms with Gasteiger partial charge >= 0.3 is 0 Å². The van der Waals surface area contributed by atoms with Crippen molar-refractivity contribution in [3.05, 3.63) is 18.2 Å². The van der Waals surface area contributed by atoms with Crippen LogP contribution in [0.4, 0.5) is 0 Å². The van der Waals surface area contributed by atoms with Crippen LogP contribution in [-0.2, 0) is 14.8 Å². The van der Waals surface area contributed by atoms with Crippen molar-refractivity contribution >= 4 is 10.0 Å². The number of sulfonamides is 1. The zero-order valence-electron chi connectivity index (χ0n) is 15.3. The number of ether oxygens (including phenoxy) is 3. The lowest BCUT2D eigenvalue weighted by atomic mass is 10.0. The molecule has 1 aromatic carbocycles. The van der Waals surface area contributed by atoms with Gasteiger partial charge in [0.1, 0.15) is 16.4 Å². The average molecular weight is 372 g/mol. The van der Waals surface area contributed by atoms with Crippen LogP contribution < -0.4 is 14.2 Å². The summed E-state index contributed by atoms with van der Waals surface area (Å²) >= 11 is 0. The highest BCUT2D eigenvalue weighted by Gasteiger charge is 2.27. The normalized spacial score (nSPS) is 17.5. The van der Waals surface area contributed by atoms with Crippen molar-refractivity contribution in [3.8, 4) is 11.5 Å². The molecule has 1 aliphatic rings. The highest BCUT2D eigenvalue weighted by atomic mass is 32.2. The second kappa shape index (κ2) is 8.84. The Morgan fingerprint density at radius 2 is 1.88 bits per heavy atom. The fraction of sp³-hybridized carbons (Fsp3) is 0.647. The highest BCUT2D eigenvalue weighted by Crippen LogP contribution is 2.28.